The third-order valence-corrected chi connectivity index (χ3v) is 4.91. The molecule has 0 radical (unpaired) electrons. The van der Waals surface area contributed by atoms with Crippen molar-refractivity contribution < 1.29 is 28.1 Å². The molecule has 11 heteroatoms. The smallest absolute Gasteiger partial charge is 0.419 e. The van der Waals surface area contributed by atoms with E-state index in [0.717, 1.165) is 25.9 Å². The molecule has 2 N–H and O–H groups in total. The van der Waals surface area contributed by atoms with E-state index in [1.807, 2.05) is 0 Å². The van der Waals surface area contributed by atoms with Crippen molar-refractivity contribution in [2.75, 3.05) is 23.3 Å². The van der Waals surface area contributed by atoms with Gasteiger partial charge in [-0.25, -0.2) is 9.97 Å². The number of halogens is 5. The maximum Gasteiger partial charge on any atom is 0.419 e. The molecule has 0 saturated carbocycles. The second kappa shape index (κ2) is 7.62. The molecule has 6 nitrogen and oxygen atoms in total. The van der Waals surface area contributed by atoms with E-state index in [9.17, 15) is 22.0 Å². The predicted octanol–water partition coefficient (Wildman–Crippen LogP) is 3.78. The van der Waals surface area contributed by atoms with Gasteiger partial charge in [0.25, 0.3) is 0 Å². The van der Waals surface area contributed by atoms with Crippen LogP contribution in [0.2, 0.25) is 0 Å². The zero-order chi connectivity index (χ0) is 21.5. The Bertz CT molecular complexity index is 916. The Hall–Kier alpha value is -2.69. The quantitative estimate of drug-likeness (QED) is 0.724. The van der Waals surface area contributed by atoms with Crippen molar-refractivity contribution in [2.24, 2.45) is 0 Å². The number of ether oxygens (including phenoxy) is 1. The average Bonchev–Trinajstić information content (AvgIpc) is 2.99. The molecule has 0 amide bonds. The van der Waals surface area contributed by atoms with E-state index >= 15 is 0 Å². The molecule has 1 aromatic carbocycles. The summed E-state index contributed by atoms with van der Waals surface area (Å²) >= 11 is 0. The number of hydrogen-bond acceptors (Lipinski definition) is 6. The summed E-state index contributed by atoms with van der Waals surface area (Å²) in [5.41, 5.74) is -0.541. The number of benzene rings is 1. The predicted molar refractivity (Wildman–Crippen MR) is 95.5 cm³/mol. The van der Waals surface area contributed by atoms with E-state index in [2.05, 4.69) is 30.2 Å². The Kier molecular flexibility index (Phi) is 4.82. The number of aromatic nitrogens is 2. The maximum absolute atomic E-state index is 12.9. The normalized spacial score (nSPS) is 22.0. The van der Waals surface area contributed by atoms with Crippen LogP contribution in [0.15, 0.2) is 30.6 Å². The van der Waals surface area contributed by atoms with Gasteiger partial charge in [-0.15, -0.1) is 0 Å². The minimum Gasteiger partial charge on any atom is -0.433 e. The average molecular weight is 416 g/mol. The number of rotatable bonds is 5. The summed E-state index contributed by atoms with van der Waals surface area (Å²) in [5.74, 6) is -0.525. The molecule has 29 heavy (non-hydrogen) atoms. The van der Waals surface area contributed by atoms with Gasteiger partial charge in [0.1, 0.15) is 0 Å². The van der Waals surface area contributed by atoms with Gasteiger partial charge in [0.15, 0.2) is 5.75 Å². The largest absolute Gasteiger partial charge is 0.433 e. The van der Waals surface area contributed by atoms with Gasteiger partial charge in [0.2, 0.25) is 5.95 Å². The number of alkyl halides is 5. The number of hydrogen-bond donors (Lipinski definition) is 2. The lowest BCUT2D eigenvalue weighted by Gasteiger charge is -2.35. The molecule has 4 rings (SSSR count). The zero-order valence-electron chi connectivity index (χ0n) is 16.0. The van der Waals surface area contributed by atoms with Gasteiger partial charge < -0.3 is 20.3 Å². The van der Waals surface area contributed by atoms with Crippen LogP contribution >= 0.6 is 0 Å². The van der Waals surface area contributed by atoms with Crippen LogP contribution in [0.1, 0.15) is 19.8 Å². The number of anilines is 3. The fourth-order valence-electron chi connectivity index (χ4n) is 3.63. The van der Waals surface area contributed by atoms with Gasteiger partial charge in [-0.2, -0.15) is 22.0 Å². The summed E-state index contributed by atoms with van der Waals surface area (Å²) < 4.78 is 76.2. The number of fused-ring (bicyclic) bond motifs is 2. The SMILES string of the molecule is [2H]c1nc(Nc2ccc(N3C[C@H]4CC[C@@H](C3)N4)cc2OC(F)F)ncc1C(F)(F)F. The second-order valence-electron chi connectivity index (χ2n) is 6.94. The van der Waals surface area contributed by atoms with Crippen molar-refractivity contribution in [1.29, 1.82) is 0 Å². The van der Waals surface area contributed by atoms with Gasteiger partial charge in [-0.1, -0.05) is 0 Å². The Morgan fingerprint density at radius 2 is 1.93 bits per heavy atom. The van der Waals surface area contributed by atoms with Crippen molar-refractivity contribution in [3.63, 3.8) is 0 Å². The van der Waals surface area contributed by atoms with E-state index in [1.165, 1.54) is 12.1 Å². The zero-order valence-corrected chi connectivity index (χ0v) is 15.0. The number of nitrogens with one attached hydrogen (secondary N) is 2. The van der Waals surface area contributed by atoms with Crippen LogP contribution in [0.4, 0.5) is 39.3 Å². The first kappa shape index (κ1) is 18.3. The fourth-order valence-corrected chi connectivity index (χ4v) is 3.63. The first-order valence-corrected chi connectivity index (χ1v) is 8.97. The Labute approximate surface area is 164 Å². The van der Waals surface area contributed by atoms with Gasteiger partial charge in [0.05, 0.1) is 12.6 Å². The lowest BCUT2D eigenvalue weighted by molar-refractivity contribution is -0.138. The molecule has 2 fully saturated rings. The van der Waals surface area contributed by atoms with Crippen molar-refractivity contribution >= 4 is 17.3 Å². The van der Waals surface area contributed by atoms with E-state index in [1.54, 1.807) is 6.07 Å². The third kappa shape index (κ3) is 4.50. The van der Waals surface area contributed by atoms with Crippen LogP contribution in [0.5, 0.6) is 5.75 Å². The van der Waals surface area contributed by atoms with Gasteiger partial charge in [0, 0.05) is 49.3 Å². The van der Waals surface area contributed by atoms with Crippen LogP contribution in [0.25, 0.3) is 0 Å². The van der Waals surface area contributed by atoms with Crippen LogP contribution in [-0.2, 0) is 6.18 Å². The first-order chi connectivity index (χ1) is 14.2. The van der Waals surface area contributed by atoms with E-state index in [4.69, 9.17) is 1.37 Å². The Morgan fingerprint density at radius 3 is 2.55 bits per heavy atom. The van der Waals surface area contributed by atoms with Crippen LogP contribution < -0.4 is 20.3 Å². The number of piperazine rings is 1. The van der Waals surface area contributed by atoms with Crippen LogP contribution in [0, 0.1) is 0 Å². The standard InChI is InChI=1S/C18H18F5N5O/c19-16(20)29-15-5-13(28-8-11-1-2-12(9-28)26-11)3-4-14(15)27-17-24-6-10(7-25-17)18(21,22)23/h3-7,11-12,16,26H,1-2,8-9H2,(H,24,25,27)/t11-,12+/i6D. The van der Waals surface area contributed by atoms with Crippen molar-refractivity contribution in [2.45, 2.75) is 37.7 Å². The summed E-state index contributed by atoms with van der Waals surface area (Å²) in [6.07, 6.45) is -3.20. The molecule has 2 aliphatic rings. The summed E-state index contributed by atoms with van der Waals surface area (Å²) in [4.78, 5) is 9.08. The van der Waals surface area contributed by atoms with E-state index < -0.39 is 24.5 Å². The molecule has 0 spiro atoms. The van der Waals surface area contributed by atoms with Crippen molar-refractivity contribution in [3.8, 4) is 5.75 Å². The summed E-state index contributed by atoms with van der Waals surface area (Å²) in [5, 5.41) is 6.04. The van der Waals surface area contributed by atoms with Crippen LogP contribution in [-0.4, -0.2) is 41.8 Å². The summed E-state index contributed by atoms with van der Waals surface area (Å²) in [6, 6.07) is 5.32. The lowest BCUT2D eigenvalue weighted by Crippen LogP contribution is -2.51. The molecular weight excluding hydrogens is 397 g/mol. The molecule has 0 unspecified atom stereocenters. The minimum atomic E-state index is -4.76. The summed E-state index contributed by atoms with van der Waals surface area (Å²) in [7, 11) is 0. The molecule has 2 saturated heterocycles. The highest BCUT2D eigenvalue weighted by Crippen LogP contribution is 2.35. The van der Waals surface area contributed by atoms with Crippen molar-refractivity contribution in [1.82, 2.24) is 15.3 Å². The van der Waals surface area contributed by atoms with Gasteiger partial charge >= 0.3 is 12.8 Å². The number of nitrogens with zero attached hydrogens (tertiary/aromatic N) is 3. The minimum absolute atomic E-state index is 0.0521. The van der Waals surface area contributed by atoms with Crippen LogP contribution in [0.3, 0.4) is 0 Å². The van der Waals surface area contributed by atoms with Gasteiger partial charge in [-0.3, -0.25) is 0 Å². The maximum atomic E-state index is 12.9. The molecule has 156 valence electrons. The van der Waals surface area contributed by atoms with E-state index in [-0.39, 0.29) is 17.4 Å². The van der Waals surface area contributed by atoms with Crippen molar-refractivity contribution in [3.05, 3.63) is 36.1 Å². The molecular formula is C18H18F5N5O. The molecule has 2 aliphatic heterocycles. The highest BCUT2D eigenvalue weighted by molar-refractivity contribution is 5.68. The molecule has 0 aliphatic carbocycles. The first-order valence-electron chi connectivity index (χ1n) is 9.47. The Morgan fingerprint density at radius 1 is 1.21 bits per heavy atom. The fraction of sp³-hybridized carbons (Fsp3) is 0.444. The molecule has 1 aromatic heterocycles. The van der Waals surface area contributed by atoms with Gasteiger partial charge in [-0.05, 0) is 25.0 Å². The molecule has 2 bridgehead atoms. The summed E-state index contributed by atoms with van der Waals surface area (Å²) in [6.45, 7) is -1.62. The molecule has 2 aromatic rings. The Balaban J connectivity index is 1.59. The highest BCUT2D eigenvalue weighted by atomic mass is 19.4. The second-order valence-corrected chi connectivity index (χ2v) is 6.94. The monoisotopic (exact) mass is 416 g/mol. The topological polar surface area (TPSA) is 62.3 Å². The third-order valence-electron chi connectivity index (χ3n) is 4.91. The van der Waals surface area contributed by atoms with E-state index in [0.29, 0.717) is 24.0 Å². The highest BCUT2D eigenvalue weighted by Gasteiger charge is 2.33. The molecule has 3 heterocycles. The molecule has 2 atom stereocenters. The lowest BCUT2D eigenvalue weighted by atomic mass is 10.2.